The Hall–Kier alpha value is -1.74. The number of halogens is 1. The van der Waals surface area contributed by atoms with E-state index in [1.165, 1.54) is 24.6 Å². The van der Waals surface area contributed by atoms with E-state index in [2.05, 4.69) is 20.4 Å². The van der Waals surface area contributed by atoms with Crippen molar-refractivity contribution in [1.82, 2.24) is 10.2 Å². The number of nitrogens with one attached hydrogen (secondary N) is 1. The van der Waals surface area contributed by atoms with Crippen LogP contribution in [0.25, 0.3) is 0 Å². The summed E-state index contributed by atoms with van der Waals surface area (Å²) in [7, 11) is 0. The van der Waals surface area contributed by atoms with Crippen LogP contribution in [-0.4, -0.2) is 34.9 Å². The second-order valence-corrected chi connectivity index (χ2v) is 10.2. The minimum absolute atomic E-state index is 0.0583. The summed E-state index contributed by atoms with van der Waals surface area (Å²) in [4.78, 5) is 16.8. The van der Waals surface area contributed by atoms with E-state index in [9.17, 15) is 4.79 Å². The number of aromatic nitrogens is 2. The molecule has 3 aromatic rings. The summed E-state index contributed by atoms with van der Waals surface area (Å²) in [6.45, 7) is 2.09. The molecular weight excluding hydrogens is 444 g/mol. The molecule has 0 spiro atoms. The molecule has 0 aliphatic carbocycles. The number of amides is 1. The van der Waals surface area contributed by atoms with Crippen molar-refractivity contribution >= 4 is 63.2 Å². The third-order valence-electron chi connectivity index (χ3n) is 4.30. The highest BCUT2D eigenvalue weighted by Crippen LogP contribution is 2.34. The van der Waals surface area contributed by atoms with Crippen LogP contribution in [0, 0.1) is 0 Å². The molecule has 9 heteroatoms. The first-order valence-electron chi connectivity index (χ1n) is 9.21. The number of carbonyl (C=O) groups excluding carboxylic acids is 1. The molecule has 2 aromatic carbocycles. The van der Waals surface area contributed by atoms with Crippen molar-refractivity contribution in [2.24, 2.45) is 0 Å². The second-order valence-electron chi connectivity index (χ2n) is 6.43. The quantitative estimate of drug-likeness (QED) is 0.456. The number of rotatable bonds is 7. The van der Waals surface area contributed by atoms with Gasteiger partial charge in [-0.2, -0.15) is 0 Å². The zero-order valence-electron chi connectivity index (χ0n) is 15.5. The molecule has 1 fully saturated rings. The van der Waals surface area contributed by atoms with Gasteiger partial charge in [0.1, 0.15) is 0 Å². The number of anilines is 2. The molecule has 0 unspecified atom stereocenters. The number of hydrogen-bond donors (Lipinski definition) is 1. The van der Waals surface area contributed by atoms with Crippen LogP contribution in [0.5, 0.6) is 0 Å². The summed E-state index contributed by atoms with van der Waals surface area (Å²) in [5.74, 6) is 0.242. The van der Waals surface area contributed by atoms with Gasteiger partial charge in [-0.15, -0.1) is 10.2 Å². The topological polar surface area (TPSA) is 58.1 Å². The number of carbonyl (C=O) groups is 1. The van der Waals surface area contributed by atoms with E-state index >= 15 is 0 Å². The Bertz CT molecular complexity index is 974. The predicted molar refractivity (Wildman–Crippen MR) is 123 cm³/mol. The van der Waals surface area contributed by atoms with Gasteiger partial charge in [0.25, 0.3) is 0 Å². The van der Waals surface area contributed by atoms with Crippen LogP contribution < -0.4 is 10.2 Å². The van der Waals surface area contributed by atoms with Gasteiger partial charge in [-0.05, 0) is 49.2 Å². The SMILES string of the molecule is O=C(CSc1nnc(N2CCCC2)s1)Nc1ccccc1Sc1ccc(Cl)cc1. The van der Waals surface area contributed by atoms with Crippen molar-refractivity contribution < 1.29 is 4.79 Å². The number of benzene rings is 2. The summed E-state index contributed by atoms with van der Waals surface area (Å²) >= 11 is 10.5. The van der Waals surface area contributed by atoms with Crippen molar-refractivity contribution in [1.29, 1.82) is 0 Å². The first-order valence-corrected chi connectivity index (χ1v) is 12.2. The van der Waals surface area contributed by atoms with Crippen LogP contribution in [0.3, 0.4) is 0 Å². The minimum atomic E-state index is -0.0583. The third-order valence-corrected chi connectivity index (χ3v) is 7.75. The highest BCUT2D eigenvalue weighted by Gasteiger charge is 2.17. The molecule has 1 aromatic heterocycles. The molecule has 2 heterocycles. The van der Waals surface area contributed by atoms with Gasteiger partial charge < -0.3 is 10.2 Å². The van der Waals surface area contributed by atoms with E-state index in [1.807, 2.05) is 48.5 Å². The van der Waals surface area contributed by atoms with Crippen LogP contribution in [0.1, 0.15) is 12.8 Å². The van der Waals surface area contributed by atoms with Crippen LogP contribution >= 0.6 is 46.5 Å². The molecule has 4 rings (SSSR count). The Morgan fingerprint density at radius 3 is 2.66 bits per heavy atom. The van der Waals surface area contributed by atoms with Crippen molar-refractivity contribution in [3.8, 4) is 0 Å². The van der Waals surface area contributed by atoms with E-state index in [0.717, 1.165) is 38.0 Å². The van der Waals surface area contributed by atoms with Gasteiger partial charge in [-0.1, -0.05) is 58.6 Å². The molecule has 1 aliphatic rings. The Kier molecular flexibility index (Phi) is 6.97. The van der Waals surface area contributed by atoms with Crippen molar-refractivity contribution in [2.75, 3.05) is 29.1 Å². The fourth-order valence-corrected chi connectivity index (χ4v) is 5.62. The lowest BCUT2D eigenvalue weighted by atomic mass is 10.3. The zero-order valence-corrected chi connectivity index (χ0v) is 18.7. The smallest absolute Gasteiger partial charge is 0.234 e. The molecule has 29 heavy (non-hydrogen) atoms. The first kappa shape index (κ1) is 20.5. The van der Waals surface area contributed by atoms with Crippen LogP contribution in [-0.2, 0) is 4.79 Å². The normalized spacial score (nSPS) is 13.6. The van der Waals surface area contributed by atoms with Gasteiger partial charge in [0.05, 0.1) is 11.4 Å². The van der Waals surface area contributed by atoms with Crippen LogP contribution in [0.4, 0.5) is 10.8 Å². The standard InChI is InChI=1S/C20H19ClN4OS3/c21-14-7-9-15(10-8-14)28-17-6-2-1-5-16(17)22-18(26)13-27-20-24-23-19(29-20)25-11-3-4-12-25/h1-2,5-10H,3-4,11-13H2,(H,22,26). The monoisotopic (exact) mass is 462 g/mol. The first-order chi connectivity index (χ1) is 14.2. The van der Waals surface area contributed by atoms with Crippen molar-refractivity contribution in [3.05, 3.63) is 53.6 Å². The summed E-state index contributed by atoms with van der Waals surface area (Å²) in [5, 5.41) is 13.1. The molecule has 0 radical (unpaired) electrons. The molecule has 1 saturated heterocycles. The van der Waals surface area contributed by atoms with Gasteiger partial charge in [0.15, 0.2) is 4.34 Å². The fourth-order valence-electron chi connectivity index (χ4n) is 2.90. The van der Waals surface area contributed by atoms with Gasteiger partial charge >= 0.3 is 0 Å². The number of hydrogen-bond acceptors (Lipinski definition) is 7. The Morgan fingerprint density at radius 2 is 1.86 bits per heavy atom. The second kappa shape index (κ2) is 9.84. The molecule has 0 atom stereocenters. The zero-order chi connectivity index (χ0) is 20.1. The van der Waals surface area contributed by atoms with E-state index < -0.39 is 0 Å². The number of nitrogens with zero attached hydrogens (tertiary/aromatic N) is 3. The van der Waals surface area contributed by atoms with Crippen molar-refractivity contribution in [3.63, 3.8) is 0 Å². The number of para-hydroxylation sites is 1. The summed E-state index contributed by atoms with van der Waals surface area (Å²) in [6.07, 6.45) is 2.41. The molecule has 1 aliphatic heterocycles. The average molecular weight is 463 g/mol. The Labute approximate surface area is 187 Å². The van der Waals surface area contributed by atoms with E-state index in [1.54, 1.807) is 23.1 Å². The molecule has 1 N–H and O–H groups in total. The maximum atomic E-state index is 12.5. The highest BCUT2D eigenvalue weighted by molar-refractivity contribution is 8.01. The van der Waals surface area contributed by atoms with E-state index in [0.29, 0.717) is 10.8 Å². The molecule has 0 bridgehead atoms. The molecule has 0 saturated carbocycles. The van der Waals surface area contributed by atoms with Crippen LogP contribution in [0.2, 0.25) is 5.02 Å². The van der Waals surface area contributed by atoms with Gasteiger partial charge in [0, 0.05) is 27.9 Å². The highest BCUT2D eigenvalue weighted by atomic mass is 35.5. The Morgan fingerprint density at radius 1 is 1.10 bits per heavy atom. The fraction of sp³-hybridized carbons (Fsp3) is 0.250. The van der Waals surface area contributed by atoms with Gasteiger partial charge in [0.2, 0.25) is 11.0 Å². The van der Waals surface area contributed by atoms with Gasteiger partial charge in [-0.3, -0.25) is 4.79 Å². The largest absolute Gasteiger partial charge is 0.347 e. The van der Waals surface area contributed by atoms with E-state index in [-0.39, 0.29) is 5.91 Å². The number of thioether (sulfide) groups is 1. The van der Waals surface area contributed by atoms with Crippen molar-refractivity contribution in [2.45, 2.75) is 27.0 Å². The van der Waals surface area contributed by atoms with E-state index in [4.69, 9.17) is 11.6 Å². The predicted octanol–water partition coefficient (Wildman–Crippen LogP) is 5.67. The lowest BCUT2D eigenvalue weighted by Gasteiger charge is -2.11. The van der Waals surface area contributed by atoms with Gasteiger partial charge in [-0.25, -0.2) is 0 Å². The maximum Gasteiger partial charge on any atom is 0.234 e. The molecule has 150 valence electrons. The Balaban J connectivity index is 1.34. The minimum Gasteiger partial charge on any atom is -0.347 e. The molecular formula is C20H19ClN4OS3. The summed E-state index contributed by atoms with van der Waals surface area (Å²) in [6, 6.07) is 15.4. The van der Waals surface area contributed by atoms with Crippen LogP contribution in [0.15, 0.2) is 62.7 Å². The summed E-state index contributed by atoms with van der Waals surface area (Å²) < 4.78 is 0.825. The average Bonchev–Trinajstić information content (AvgIpc) is 3.41. The third kappa shape index (κ3) is 5.66. The molecule has 1 amide bonds. The molecule has 5 nitrogen and oxygen atoms in total. The lowest BCUT2D eigenvalue weighted by Crippen LogP contribution is -2.17. The summed E-state index contributed by atoms with van der Waals surface area (Å²) in [5.41, 5.74) is 0.799. The maximum absolute atomic E-state index is 12.5. The lowest BCUT2D eigenvalue weighted by molar-refractivity contribution is -0.113.